The molecule has 1 atom stereocenters. The van der Waals surface area contributed by atoms with E-state index >= 15 is 0 Å². The summed E-state index contributed by atoms with van der Waals surface area (Å²) >= 11 is 0. The fraction of sp³-hybridized carbons (Fsp3) is 0.667. The first kappa shape index (κ1) is 12.1. The number of rotatable bonds is 4. The van der Waals surface area contributed by atoms with Gasteiger partial charge >= 0.3 is 0 Å². The first-order valence-corrected chi connectivity index (χ1v) is 6.34. The summed E-state index contributed by atoms with van der Waals surface area (Å²) < 4.78 is 1.66. The molecule has 0 radical (unpaired) electrons. The molecule has 0 aliphatic carbocycles. The van der Waals surface area contributed by atoms with Gasteiger partial charge in [-0.15, -0.1) is 0 Å². The molecule has 0 aromatic carbocycles. The number of hydrogen-bond acceptors (Lipinski definition) is 4. The molecule has 0 bridgehead atoms. The van der Waals surface area contributed by atoms with Crippen molar-refractivity contribution in [3.8, 4) is 0 Å². The van der Waals surface area contributed by atoms with Gasteiger partial charge in [-0.3, -0.25) is 4.79 Å². The highest BCUT2D eigenvalue weighted by atomic mass is 16.1. The average molecular weight is 236 g/mol. The van der Waals surface area contributed by atoms with Crippen LogP contribution in [0.5, 0.6) is 0 Å². The maximum atomic E-state index is 11.9. The summed E-state index contributed by atoms with van der Waals surface area (Å²) in [4.78, 5) is 16.0. The summed E-state index contributed by atoms with van der Waals surface area (Å²) in [7, 11) is 0. The largest absolute Gasteiger partial charge is 0.364 e. The van der Waals surface area contributed by atoms with Crippen LogP contribution >= 0.6 is 0 Å². The van der Waals surface area contributed by atoms with Gasteiger partial charge in [-0.25, -0.2) is 4.98 Å². The predicted octanol–water partition coefficient (Wildman–Crippen LogP) is 0.817. The predicted molar refractivity (Wildman–Crippen MR) is 68.3 cm³/mol. The Hall–Kier alpha value is -1.36. The van der Waals surface area contributed by atoms with Crippen LogP contribution in [0, 0.1) is 0 Å². The molecule has 17 heavy (non-hydrogen) atoms. The van der Waals surface area contributed by atoms with Gasteiger partial charge in [0.15, 0.2) is 5.82 Å². The fourth-order valence-corrected chi connectivity index (χ4v) is 2.14. The topological polar surface area (TPSA) is 59.0 Å². The van der Waals surface area contributed by atoms with E-state index in [0.717, 1.165) is 13.1 Å². The summed E-state index contributed by atoms with van der Waals surface area (Å²) in [5.74, 6) is 0.460. The van der Waals surface area contributed by atoms with Crippen molar-refractivity contribution in [1.82, 2.24) is 14.9 Å². The Bertz CT molecular complexity index is 409. The van der Waals surface area contributed by atoms with E-state index in [-0.39, 0.29) is 5.56 Å². The Morgan fingerprint density at radius 2 is 2.47 bits per heavy atom. The molecule has 1 aromatic heterocycles. The SMILES string of the molecule is CCn1ccnc(NCC2CCCCN2)c1=O. The van der Waals surface area contributed by atoms with E-state index in [4.69, 9.17) is 0 Å². The van der Waals surface area contributed by atoms with Crippen LogP contribution in [0.4, 0.5) is 5.82 Å². The van der Waals surface area contributed by atoms with E-state index in [1.807, 2.05) is 6.92 Å². The summed E-state index contributed by atoms with van der Waals surface area (Å²) in [5, 5.41) is 6.59. The second-order valence-corrected chi connectivity index (χ2v) is 4.39. The number of nitrogens with one attached hydrogen (secondary N) is 2. The van der Waals surface area contributed by atoms with Crippen LogP contribution in [0.2, 0.25) is 0 Å². The molecular weight excluding hydrogens is 216 g/mol. The van der Waals surface area contributed by atoms with Crippen LogP contribution in [0.25, 0.3) is 0 Å². The Kier molecular flexibility index (Phi) is 4.14. The number of anilines is 1. The van der Waals surface area contributed by atoms with Gasteiger partial charge in [0.25, 0.3) is 5.56 Å². The molecule has 94 valence electrons. The Morgan fingerprint density at radius 1 is 1.59 bits per heavy atom. The van der Waals surface area contributed by atoms with E-state index in [1.54, 1.807) is 17.0 Å². The minimum atomic E-state index is -0.0363. The first-order valence-electron chi connectivity index (χ1n) is 6.34. The minimum Gasteiger partial charge on any atom is -0.364 e. The van der Waals surface area contributed by atoms with E-state index < -0.39 is 0 Å². The molecule has 1 aliphatic heterocycles. The lowest BCUT2D eigenvalue weighted by Crippen LogP contribution is -2.40. The first-order chi connectivity index (χ1) is 8.31. The molecule has 1 saturated heterocycles. The molecule has 0 spiro atoms. The molecular formula is C12H20N4O. The third kappa shape index (κ3) is 3.06. The third-order valence-electron chi connectivity index (χ3n) is 3.18. The normalized spacial score (nSPS) is 20.2. The molecule has 2 N–H and O–H groups in total. The monoisotopic (exact) mass is 236 g/mol. The molecule has 0 saturated carbocycles. The van der Waals surface area contributed by atoms with Crippen molar-refractivity contribution in [2.45, 2.75) is 38.8 Å². The van der Waals surface area contributed by atoms with Crippen LogP contribution in [-0.4, -0.2) is 28.7 Å². The highest BCUT2D eigenvalue weighted by Crippen LogP contribution is 2.07. The summed E-state index contributed by atoms with van der Waals surface area (Å²) in [5.41, 5.74) is -0.0363. The highest BCUT2D eigenvalue weighted by molar-refractivity contribution is 5.30. The standard InChI is InChI=1S/C12H20N4O/c1-2-16-8-7-14-11(12(16)17)15-9-10-5-3-4-6-13-10/h7-8,10,13H,2-6,9H2,1H3,(H,14,15). The Labute approximate surface area is 101 Å². The zero-order chi connectivity index (χ0) is 12.1. The molecule has 2 heterocycles. The van der Waals surface area contributed by atoms with Gasteiger partial charge in [0.2, 0.25) is 0 Å². The lowest BCUT2D eigenvalue weighted by Gasteiger charge is -2.23. The second kappa shape index (κ2) is 5.82. The van der Waals surface area contributed by atoms with E-state index in [0.29, 0.717) is 18.4 Å². The lowest BCUT2D eigenvalue weighted by atomic mass is 10.1. The van der Waals surface area contributed by atoms with E-state index in [9.17, 15) is 4.79 Å². The van der Waals surface area contributed by atoms with Crippen molar-refractivity contribution < 1.29 is 0 Å². The molecule has 5 heteroatoms. The molecule has 1 aliphatic rings. The summed E-state index contributed by atoms with van der Waals surface area (Å²) in [6, 6.07) is 0.459. The summed E-state index contributed by atoms with van der Waals surface area (Å²) in [6.07, 6.45) is 7.07. The van der Waals surface area contributed by atoms with E-state index in [2.05, 4.69) is 15.6 Å². The second-order valence-electron chi connectivity index (χ2n) is 4.39. The van der Waals surface area contributed by atoms with Gasteiger partial charge in [0, 0.05) is 31.5 Å². The van der Waals surface area contributed by atoms with Crippen molar-refractivity contribution in [3.05, 3.63) is 22.7 Å². The van der Waals surface area contributed by atoms with Crippen LogP contribution < -0.4 is 16.2 Å². The average Bonchev–Trinajstić information content (AvgIpc) is 2.39. The van der Waals surface area contributed by atoms with E-state index in [1.165, 1.54) is 19.3 Å². The maximum Gasteiger partial charge on any atom is 0.293 e. The molecule has 0 amide bonds. The van der Waals surface area contributed by atoms with Crippen molar-refractivity contribution in [1.29, 1.82) is 0 Å². The fourth-order valence-electron chi connectivity index (χ4n) is 2.14. The Balaban J connectivity index is 1.96. The van der Waals surface area contributed by atoms with Crippen molar-refractivity contribution in [2.75, 3.05) is 18.4 Å². The van der Waals surface area contributed by atoms with Crippen molar-refractivity contribution in [2.24, 2.45) is 0 Å². The van der Waals surface area contributed by atoms with Gasteiger partial charge in [-0.2, -0.15) is 0 Å². The zero-order valence-corrected chi connectivity index (χ0v) is 10.3. The third-order valence-corrected chi connectivity index (χ3v) is 3.18. The smallest absolute Gasteiger partial charge is 0.293 e. The van der Waals surface area contributed by atoms with Gasteiger partial charge in [-0.05, 0) is 26.3 Å². The molecule has 1 aromatic rings. The van der Waals surface area contributed by atoms with Crippen LogP contribution in [0.3, 0.4) is 0 Å². The van der Waals surface area contributed by atoms with Crippen LogP contribution in [0.15, 0.2) is 17.2 Å². The molecule has 1 fully saturated rings. The van der Waals surface area contributed by atoms with Gasteiger partial charge in [-0.1, -0.05) is 6.42 Å². The number of aromatic nitrogens is 2. The minimum absolute atomic E-state index is 0.0363. The number of nitrogens with zero attached hydrogens (tertiary/aromatic N) is 2. The van der Waals surface area contributed by atoms with Crippen LogP contribution in [0.1, 0.15) is 26.2 Å². The molecule has 1 unspecified atom stereocenters. The highest BCUT2D eigenvalue weighted by Gasteiger charge is 2.13. The lowest BCUT2D eigenvalue weighted by molar-refractivity contribution is 0.414. The zero-order valence-electron chi connectivity index (χ0n) is 10.3. The van der Waals surface area contributed by atoms with Gasteiger partial charge in [0.1, 0.15) is 0 Å². The molecule has 2 rings (SSSR count). The van der Waals surface area contributed by atoms with Crippen molar-refractivity contribution >= 4 is 5.82 Å². The summed E-state index contributed by atoms with van der Waals surface area (Å²) in [6.45, 7) is 4.48. The van der Waals surface area contributed by atoms with Gasteiger partial charge in [0.05, 0.1) is 0 Å². The number of piperidine rings is 1. The molecule has 5 nitrogen and oxygen atoms in total. The quantitative estimate of drug-likeness (QED) is 0.812. The Morgan fingerprint density at radius 3 is 3.18 bits per heavy atom. The number of hydrogen-bond donors (Lipinski definition) is 2. The van der Waals surface area contributed by atoms with Crippen molar-refractivity contribution in [3.63, 3.8) is 0 Å². The maximum absolute atomic E-state index is 11.9. The van der Waals surface area contributed by atoms with Crippen LogP contribution in [-0.2, 0) is 6.54 Å². The number of aryl methyl sites for hydroxylation is 1. The van der Waals surface area contributed by atoms with Gasteiger partial charge < -0.3 is 15.2 Å².